The van der Waals surface area contributed by atoms with E-state index < -0.39 is 0 Å². The highest BCUT2D eigenvalue weighted by Crippen LogP contribution is 2.33. The molecule has 1 amide bonds. The third kappa shape index (κ3) is 5.08. The molecule has 0 unspecified atom stereocenters. The second-order valence-electron chi connectivity index (χ2n) is 10.3. The van der Waals surface area contributed by atoms with E-state index >= 15 is 0 Å². The van der Waals surface area contributed by atoms with E-state index in [1.165, 1.54) is 51.4 Å². The van der Waals surface area contributed by atoms with Crippen molar-refractivity contribution in [3.8, 4) is 11.5 Å². The fourth-order valence-corrected chi connectivity index (χ4v) is 5.83. The number of rotatable bonds is 6. The maximum Gasteiger partial charge on any atom is 0.254 e. The smallest absolute Gasteiger partial charge is 0.254 e. The van der Waals surface area contributed by atoms with Crippen LogP contribution in [0.1, 0.15) is 73.0 Å². The van der Waals surface area contributed by atoms with Crippen molar-refractivity contribution in [1.82, 2.24) is 14.9 Å². The van der Waals surface area contributed by atoms with Gasteiger partial charge >= 0.3 is 0 Å². The number of hydrogen-bond acceptors (Lipinski definition) is 7. The topological polar surface area (TPSA) is 71.0 Å². The van der Waals surface area contributed by atoms with Crippen LogP contribution in [0.3, 0.4) is 0 Å². The zero-order valence-corrected chi connectivity index (χ0v) is 22.0. The summed E-state index contributed by atoms with van der Waals surface area (Å²) in [5.74, 6) is 3.08. The van der Waals surface area contributed by atoms with Crippen molar-refractivity contribution >= 4 is 17.7 Å². The predicted octanol–water partition coefficient (Wildman–Crippen LogP) is 4.45. The fourth-order valence-electron chi connectivity index (χ4n) is 5.83. The summed E-state index contributed by atoms with van der Waals surface area (Å²) in [7, 11) is 5.36. The number of fused-ring (bicyclic) bond motifs is 1. The molecule has 1 aromatic carbocycles. The van der Waals surface area contributed by atoms with Gasteiger partial charge in [-0.25, -0.2) is 4.98 Å². The Hall–Kier alpha value is -3.03. The minimum absolute atomic E-state index is 0.0224. The van der Waals surface area contributed by atoms with Crippen LogP contribution in [0.2, 0.25) is 0 Å². The second-order valence-corrected chi connectivity index (χ2v) is 10.3. The minimum atomic E-state index is -0.0224. The van der Waals surface area contributed by atoms with Gasteiger partial charge in [0.2, 0.25) is 5.95 Å². The largest absolute Gasteiger partial charge is 0.497 e. The lowest BCUT2D eigenvalue weighted by molar-refractivity contribution is 0.0733. The van der Waals surface area contributed by atoms with E-state index in [0.717, 1.165) is 42.5 Å². The zero-order valence-electron chi connectivity index (χ0n) is 22.0. The number of methoxy groups -OCH3 is 2. The number of aromatic nitrogens is 2. The zero-order chi connectivity index (χ0) is 25.1. The molecule has 2 aliphatic heterocycles. The molecule has 3 aliphatic rings. The molecular weight excluding hydrogens is 454 g/mol. The summed E-state index contributed by atoms with van der Waals surface area (Å²) in [6, 6.07) is 5.86. The molecule has 1 saturated carbocycles. The summed E-state index contributed by atoms with van der Waals surface area (Å²) < 4.78 is 10.8. The van der Waals surface area contributed by atoms with Crippen LogP contribution in [-0.4, -0.2) is 67.7 Å². The quantitative estimate of drug-likeness (QED) is 0.589. The Balaban J connectivity index is 1.45. The standard InChI is InChI=1S/C28H39N5O3/c1-31(21-10-6-4-7-11-21)28-29-25-12-15-33(19-24(25)26(30-28)32-13-8-5-9-14-32)27(34)20-16-22(35-2)18-23(17-20)36-3/h16-18,21H,4-15,19H2,1-3H3. The monoisotopic (exact) mass is 493 g/mol. The van der Waals surface area contributed by atoms with Gasteiger partial charge in [0, 0.05) is 56.3 Å². The van der Waals surface area contributed by atoms with Gasteiger partial charge in [0.25, 0.3) is 5.91 Å². The summed E-state index contributed by atoms with van der Waals surface area (Å²) in [4.78, 5) is 30.5. The summed E-state index contributed by atoms with van der Waals surface area (Å²) in [5, 5.41) is 0. The van der Waals surface area contributed by atoms with E-state index in [9.17, 15) is 4.79 Å². The van der Waals surface area contributed by atoms with Crippen LogP contribution in [-0.2, 0) is 13.0 Å². The highest BCUT2D eigenvalue weighted by Gasteiger charge is 2.31. The number of benzene rings is 1. The number of amides is 1. The van der Waals surface area contributed by atoms with Gasteiger partial charge in [0.05, 0.1) is 26.5 Å². The van der Waals surface area contributed by atoms with E-state index in [4.69, 9.17) is 19.4 Å². The first kappa shape index (κ1) is 24.7. The van der Waals surface area contributed by atoms with Gasteiger partial charge in [0.1, 0.15) is 17.3 Å². The third-order valence-electron chi connectivity index (χ3n) is 8.01. The number of hydrogen-bond donors (Lipinski definition) is 0. The maximum absolute atomic E-state index is 13.6. The molecular formula is C28H39N5O3. The lowest BCUT2D eigenvalue weighted by atomic mass is 9.95. The number of nitrogens with zero attached hydrogens (tertiary/aromatic N) is 5. The summed E-state index contributed by atoms with van der Waals surface area (Å²) >= 11 is 0. The lowest BCUT2D eigenvalue weighted by Gasteiger charge is -2.37. The Bertz CT molecular complexity index is 1060. The van der Waals surface area contributed by atoms with E-state index in [-0.39, 0.29) is 5.91 Å². The Morgan fingerprint density at radius 1 is 0.917 bits per heavy atom. The number of carbonyl (C=O) groups excluding carboxylic acids is 1. The van der Waals surface area contributed by atoms with E-state index in [0.29, 0.717) is 36.2 Å². The number of ether oxygens (including phenoxy) is 2. The summed E-state index contributed by atoms with van der Waals surface area (Å²) in [6.07, 6.45) is 10.7. The first-order valence-corrected chi connectivity index (χ1v) is 13.5. The van der Waals surface area contributed by atoms with Crippen LogP contribution < -0.4 is 19.3 Å². The molecule has 8 nitrogen and oxygen atoms in total. The molecule has 36 heavy (non-hydrogen) atoms. The van der Waals surface area contributed by atoms with Gasteiger partial charge in [-0.1, -0.05) is 19.3 Å². The molecule has 0 radical (unpaired) electrons. The molecule has 0 N–H and O–H groups in total. The summed E-state index contributed by atoms with van der Waals surface area (Å²) in [5.41, 5.74) is 2.77. The third-order valence-corrected chi connectivity index (χ3v) is 8.01. The van der Waals surface area contributed by atoms with Crippen LogP contribution in [0.5, 0.6) is 11.5 Å². The Labute approximate surface area is 214 Å². The van der Waals surface area contributed by atoms with Gasteiger partial charge in [0.15, 0.2) is 0 Å². The van der Waals surface area contributed by atoms with Crippen molar-refractivity contribution in [3.05, 3.63) is 35.0 Å². The Morgan fingerprint density at radius 2 is 1.58 bits per heavy atom. The molecule has 5 rings (SSSR count). The van der Waals surface area contributed by atoms with Crippen LogP contribution in [0.4, 0.5) is 11.8 Å². The van der Waals surface area contributed by atoms with Crippen molar-refractivity contribution in [3.63, 3.8) is 0 Å². The Morgan fingerprint density at radius 3 is 2.25 bits per heavy atom. The van der Waals surface area contributed by atoms with Gasteiger partial charge in [-0.15, -0.1) is 0 Å². The van der Waals surface area contributed by atoms with Gasteiger partial charge in [-0.2, -0.15) is 4.98 Å². The van der Waals surface area contributed by atoms with Crippen molar-refractivity contribution < 1.29 is 14.3 Å². The first-order chi connectivity index (χ1) is 17.6. The fraction of sp³-hybridized carbons (Fsp3) is 0.607. The number of piperidine rings is 1. The van der Waals surface area contributed by atoms with Crippen molar-refractivity contribution in [2.45, 2.75) is 70.4 Å². The normalized spacial score (nSPS) is 18.5. The van der Waals surface area contributed by atoms with E-state index in [1.54, 1.807) is 32.4 Å². The lowest BCUT2D eigenvalue weighted by Crippen LogP contribution is -2.40. The maximum atomic E-state index is 13.6. The Kier molecular flexibility index (Phi) is 7.48. The molecule has 0 spiro atoms. The molecule has 1 aromatic heterocycles. The van der Waals surface area contributed by atoms with Gasteiger partial charge in [-0.05, 0) is 44.2 Å². The van der Waals surface area contributed by atoms with Crippen LogP contribution in [0, 0.1) is 0 Å². The van der Waals surface area contributed by atoms with Crippen LogP contribution in [0.25, 0.3) is 0 Å². The molecule has 0 atom stereocenters. The molecule has 194 valence electrons. The number of anilines is 2. The van der Waals surface area contributed by atoms with Crippen molar-refractivity contribution in [2.75, 3.05) is 50.7 Å². The molecule has 3 heterocycles. The van der Waals surface area contributed by atoms with Gasteiger partial charge in [-0.3, -0.25) is 4.79 Å². The first-order valence-electron chi connectivity index (χ1n) is 13.5. The average molecular weight is 494 g/mol. The van der Waals surface area contributed by atoms with Crippen LogP contribution >= 0.6 is 0 Å². The van der Waals surface area contributed by atoms with Crippen molar-refractivity contribution in [1.29, 1.82) is 0 Å². The van der Waals surface area contributed by atoms with Gasteiger partial charge < -0.3 is 24.2 Å². The van der Waals surface area contributed by atoms with Crippen LogP contribution in [0.15, 0.2) is 18.2 Å². The molecule has 1 saturated heterocycles. The predicted molar refractivity (Wildman–Crippen MR) is 141 cm³/mol. The molecule has 0 bridgehead atoms. The van der Waals surface area contributed by atoms with E-state index in [2.05, 4.69) is 16.8 Å². The molecule has 2 aromatic rings. The number of carbonyl (C=O) groups is 1. The molecule has 8 heteroatoms. The SMILES string of the molecule is COc1cc(OC)cc(C(=O)N2CCc3nc(N(C)C4CCCCC4)nc(N4CCCCC4)c3C2)c1. The molecule has 1 aliphatic carbocycles. The highest BCUT2D eigenvalue weighted by molar-refractivity contribution is 5.95. The summed E-state index contributed by atoms with van der Waals surface area (Å²) in [6.45, 7) is 3.18. The van der Waals surface area contributed by atoms with Crippen molar-refractivity contribution in [2.24, 2.45) is 0 Å². The second kappa shape index (κ2) is 10.9. The highest BCUT2D eigenvalue weighted by atomic mass is 16.5. The van der Waals surface area contributed by atoms with E-state index in [1.807, 2.05) is 4.90 Å². The average Bonchev–Trinajstić information content (AvgIpc) is 2.96. The molecule has 2 fully saturated rings. The minimum Gasteiger partial charge on any atom is -0.497 e.